The first kappa shape index (κ1) is 13.7. The molecule has 0 aliphatic carbocycles. The predicted octanol–water partition coefficient (Wildman–Crippen LogP) is 2.63. The van der Waals surface area contributed by atoms with E-state index in [-0.39, 0.29) is 5.91 Å². The molecule has 1 aromatic carbocycles. The number of aryl methyl sites for hydroxylation is 2. The topological polar surface area (TPSA) is 57.8 Å². The summed E-state index contributed by atoms with van der Waals surface area (Å²) in [6.07, 6.45) is 2.68. The molecule has 0 saturated carbocycles. The lowest BCUT2D eigenvalue weighted by atomic mass is 10.2. The van der Waals surface area contributed by atoms with Crippen LogP contribution < -0.4 is 5.32 Å². The summed E-state index contributed by atoms with van der Waals surface area (Å²) in [5.74, 6) is 2.10. The molecule has 0 saturated heterocycles. The normalized spacial score (nSPS) is 10.4. The van der Waals surface area contributed by atoms with Crippen molar-refractivity contribution in [1.29, 1.82) is 0 Å². The fourth-order valence-corrected chi connectivity index (χ4v) is 2.43. The van der Waals surface area contributed by atoms with Gasteiger partial charge in [-0.3, -0.25) is 9.89 Å². The Morgan fingerprint density at radius 2 is 2.16 bits per heavy atom. The van der Waals surface area contributed by atoms with Crippen LogP contribution in [0.15, 0.2) is 36.5 Å². The average molecular weight is 275 g/mol. The number of thioether (sulfide) groups is 1. The van der Waals surface area contributed by atoms with Crippen molar-refractivity contribution in [2.75, 3.05) is 16.8 Å². The summed E-state index contributed by atoms with van der Waals surface area (Å²) in [5.41, 5.74) is 2.25. The van der Waals surface area contributed by atoms with Gasteiger partial charge in [-0.1, -0.05) is 30.3 Å². The summed E-state index contributed by atoms with van der Waals surface area (Å²) in [6.45, 7) is 1.90. The van der Waals surface area contributed by atoms with Crippen molar-refractivity contribution in [1.82, 2.24) is 10.2 Å². The summed E-state index contributed by atoms with van der Waals surface area (Å²) >= 11 is 1.64. The van der Waals surface area contributed by atoms with Gasteiger partial charge in [0, 0.05) is 5.56 Å². The largest absolute Gasteiger partial charge is 0.310 e. The number of benzene rings is 1. The van der Waals surface area contributed by atoms with E-state index in [0.29, 0.717) is 11.6 Å². The van der Waals surface area contributed by atoms with Gasteiger partial charge < -0.3 is 5.32 Å². The van der Waals surface area contributed by atoms with Gasteiger partial charge in [0.25, 0.3) is 0 Å². The van der Waals surface area contributed by atoms with Crippen molar-refractivity contribution in [3.05, 3.63) is 47.7 Å². The molecule has 0 fully saturated rings. The molecule has 2 rings (SSSR count). The first-order valence-electron chi connectivity index (χ1n) is 6.17. The van der Waals surface area contributed by atoms with Crippen LogP contribution in [-0.2, 0) is 11.2 Å². The number of nitrogens with zero attached hydrogens (tertiary/aromatic N) is 1. The molecule has 0 aliphatic rings. The zero-order valence-electron chi connectivity index (χ0n) is 10.8. The molecule has 4 nitrogen and oxygen atoms in total. The van der Waals surface area contributed by atoms with Crippen LogP contribution in [0.2, 0.25) is 0 Å². The van der Waals surface area contributed by atoms with E-state index in [1.807, 2.05) is 25.1 Å². The monoisotopic (exact) mass is 275 g/mol. The SMILES string of the molecule is Cc1cn[nH]c1NC(=O)CSCCc1ccccc1. The van der Waals surface area contributed by atoms with Crippen LogP contribution in [0.25, 0.3) is 0 Å². The van der Waals surface area contributed by atoms with E-state index < -0.39 is 0 Å². The number of carbonyl (C=O) groups excluding carboxylic acids is 1. The number of anilines is 1. The van der Waals surface area contributed by atoms with Gasteiger partial charge in [0.15, 0.2) is 0 Å². The van der Waals surface area contributed by atoms with E-state index in [1.54, 1.807) is 18.0 Å². The molecule has 2 N–H and O–H groups in total. The highest BCUT2D eigenvalue weighted by Gasteiger charge is 2.05. The Kier molecular flexibility index (Phi) is 5.03. The number of rotatable bonds is 6. The van der Waals surface area contributed by atoms with Crippen LogP contribution in [0.3, 0.4) is 0 Å². The maximum atomic E-state index is 11.7. The number of amides is 1. The molecular weight excluding hydrogens is 258 g/mol. The molecule has 19 heavy (non-hydrogen) atoms. The Morgan fingerprint density at radius 1 is 1.37 bits per heavy atom. The fraction of sp³-hybridized carbons (Fsp3) is 0.286. The lowest BCUT2D eigenvalue weighted by Gasteiger charge is -2.04. The van der Waals surface area contributed by atoms with E-state index in [1.165, 1.54) is 5.56 Å². The highest BCUT2D eigenvalue weighted by atomic mass is 32.2. The third kappa shape index (κ3) is 4.44. The molecule has 0 aliphatic heterocycles. The standard InChI is InChI=1S/C14H17N3OS/c1-11-9-15-17-14(11)16-13(18)10-19-8-7-12-5-3-2-4-6-12/h2-6,9H,7-8,10H2,1H3,(H2,15,16,17,18). The smallest absolute Gasteiger partial charge is 0.235 e. The van der Waals surface area contributed by atoms with E-state index in [2.05, 4.69) is 27.6 Å². The molecule has 0 bridgehead atoms. The molecular formula is C14H17N3OS. The van der Waals surface area contributed by atoms with Gasteiger partial charge in [-0.2, -0.15) is 16.9 Å². The van der Waals surface area contributed by atoms with Crippen molar-refractivity contribution in [3.8, 4) is 0 Å². The van der Waals surface area contributed by atoms with Gasteiger partial charge in [-0.25, -0.2) is 0 Å². The number of nitrogens with one attached hydrogen (secondary N) is 2. The quantitative estimate of drug-likeness (QED) is 0.797. The molecule has 2 aromatic rings. The Bertz CT molecular complexity index is 524. The van der Waals surface area contributed by atoms with Crippen molar-refractivity contribution in [3.63, 3.8) is 0 Å². The van der Waals surface area contributed by atoms with E-state index in [0.717, 1.165) is 17.7 Å². The number of hydrogen-bond acceptors (Lipinski definition) is 3. The third-order valence-electron chi connectivity index (χ3n) is 2.70. The number of H-pyrrole nitrogens is 1. The molecule has 0 unspecified atom stereocenters. The number of hydrogen-bond donors (Lipinski definition) is 2. The van der Waals surface area contributed by atoms with Crippen molar-refractivity contribution < 1.29 is 4.79 Å². The van der Waals surface area contributed by atoms with Crippen molar-refractivity contribution in [2.45, 2.75) is 13.3 Å². The maximum Gasteiger partial charge on any atom is 0.235 e. The van der Waals surface area contributed by atoms with Crippen LogP contribution >= 0.6 is 11.8 Å². The first-order valence-corrected chi connectivity index (χ1v) is 7.32. The fourth-order valence-electron chi connectivity index (χ4n) is 1.65. The molecule has 100 valence electrons. The zero-order valence-corrected chi connectivity index (χ0v) is 11.7. The maximum absolute atomic E-state index is 11.7. The highest BCUT2D eigenvalue weighted by molar-refractivity contribution is 7.99. The molecule has 5 heteroatoms. The second kappa shape index (κ2) is 6.99. The summed E-state index contributed by atoms with van der Waals surface area (Å²) in [7, 11) is 0. The average Bonchev–Trinajstić information content (AvgIpc) is 2.82. The van der Waals surface area contributed by atoms with E-state index in [4.69, 9.17) is 0 Å². The minimum absolute atomic E-state index is 0.00501. The molecule has 0 radical (unpaired) electrons. The zero-order chi connectivity index (χ0) is 13.5. The highest BCUT2D eigenvalue weighted by Crippen LogP contribution is 2.10. The molecule has 1 amide bonds. The first-order chi connectivity index (χ1) is 9.25. The molecule has 0 spiro atoms. The third-order valence-corrected chi connectivity index (χ3v) is 3.66. The second-order valence-electron chi connectivity index (χ2n) is 4.26. The lowest BCUT2D eigenvalue weighted by Crippen LogP contribution is -2.15. The summed E-state index contributed by atoms with van der Waals surface area (Å²) in [5, 5.41) is 9.44. The Balaban J connectivity index is 1.66. The van der Waals surface area contributed by atoms with Gasteiger partial charge in [0.2, 0.25) is 5.91 Å². The minimum Gasteiger partial charge on any atom is -0.310 e. The van der Waals surface area contributed by atoms with Crippen LogP contribution in [-0.4, -0.2) is 27.6 Å². The molecule has 1 heterocycles. The van der Waals surface area contributed by atoms with Gasteiger partial charge in [0.05, 0.1) is 11.9 Å². The van der Waals surface area contributed by atoms with E-state index >= 15 is 0 Å². The molecule has 1 aromatic heterocycles. The van der Waals surface area contributed by atoms with Gasteiger partial charge in [-0.05, 0) is 24.7 Å². The second-order valence-corrected chi connectivity index (χ2v) is 5.37. The van der Waals surface area contributed by atoms with Gasteiger partial charge >= 0.3 is 0 Å². The number of carbonyl (C=O) groups is 1. The van der Waals surface area contributed by atoms with Crippen LogP contribution in [0, 0.1) is 6.92 Å². The van der Waals surface area contributed by atoms with Crippen LogP contribution in [0.4, 0.5) is 5.82 Å². The molecule has 0 atom stereocenters. The Hall–Kier alpha value is -1.75. The Labute approximate surface area is 117 Å². The number of aromatic nitrogens is 2. The van der Waals surface area contributed by atoms with Crippen molar-refractivity contribution in [2.24, 2.45) is 0 Å². The Morgan fingerprint density at radius 3 is 2.84 bits per heavy atom. The van der Waals surface area contributed by atoms with Crippen LogP contribution in [0.5, 0.6) is 0 Å². The summed E-state index contributed by atoms with van der Waals surface area (Å²) in [6, 6.07) is 10.3. The van der Waals surface area contributed by atoms with E-state index in [9.17, 15) is 4.79 Å². The minimum atomic E-state index is 0.00501. The van der Waals surface area contributed by atoms with Gasteiger partial charge in [0.1, 0.15) is 5.82 Å². The predicted molar refractivity (Wildman–Crippen MR) is 79.4 cm³/mol. The van der Waals surface area contributed by atoms with Gasteiger partial charge in [-0.15, -0.1) is 0 Å². The summed E-state index contributed by atoms with van der Waals surface area (Å²) in [4.78, 5) is 11.7. The summed E-state index contributed by atoms with van der Waals surface area (Å²) < 4.78 is 0. The van der Waals surface area contributed by atoms with Crippen molar-refractivity contribution >= 4 is 23.5 Å². The number of aromatic amines is 1. The van der Waals surface area contributed by atoms with Crippen LogP contribution in [0.1, 0.15) is 11.1 Å². The lowest BCUT2D eigenvalue weighted by molar-refractivity contribution is -0.113.